The molecular formula is C12H16N2O6. The first-order valence-corrected chi connectivity index (χ1v) is 5.83. The Labute approximate surface area is 115 Å². The van der Waals surface area contributed by atoms with Crippen molar-refractivity contribution in [3.8, 4) is 5.88 Å². The largest absolute Gasteiger partial charge is 0.477 e. The highest BCUT2D eigenvalue weighted by molar-refractivity contribution is 5.85. The van der Waals surface area contributed by atoms with E-state index in [4.69, 9.17) is 14.6 Å². The smallest absolute Gasteiger partial charge is 0.354 e. The molecule has 1 heterocycles. The average molecular weight is 284 g/mol. The van der Waals surface area contributed by atoms with Crippen LogP contribution in [0.5, 0.6) is 5.88 Å². The molecule has 0 aliphatic carbocycles. The van der Waals surface area contributed by atoms with E-state index in [9.17, 15) is 14.9 Å². The van der Waals surface area contributed by atoms with Gasteiger partial charge in [0.25, 0.3) is 5.88 Å². The molecule has 0 radical (unpaired) electrons. The third kappa shape index (κ3) is 4.16. The molecule has 1 N–H and O–H groups in total. The molecule has 0 aromatic carbocycles. The molecule has 0 spiro atoms. The molecule has 0 aliphatic heterocycles. The molecule has 0 atom stereocenters. The summed E-state index contributed by atoms with van der Waals surface area (Å²) in [6, 6.07) is 2.12. The number of hydrogen-bond acceptors (Lipinski definition) is 6. The lowest BCUT2D eigenvalue weighted by atomic mass is 10.1. The summed E-state index contributed by atoms with van der Waals surface area (Å²) in [6.45, 7) is 3.80. The van der Waals surface area contributed by atoms with Gasteiger partial charge < -0.3 is 14.6 Å². The number of carboxylic acid groups (broad SMARTS) is 1. The Morgan fingerprint density at radius 3 is 2.65 bits per heavy atom. The predicted molar refractivity (Wildman–Crippen MR) is 69.1 cm³/mol. The Morgan fingerprint density at radius 1 is 1.50 bits per heavy atom. The lowest BCUT2D eigenvalue weighted by Crippen LogP contribution is -2.25. The van der Waals surface area contributed by atoms with Gasteiger partial charge in [-0.3, -0.25) is 10.1 Å². The summed E-state index contributed by atoms with van der Waals surface area (Å²) in [5, 5.41) is 19.7. The lowest BCUT2D eigenvalue weighted by Gasteiger charge is -2.22. The van der Waals surface area contributed by atoms with Gasteiger partial charge in [0.1, 0.15) is 0 Å². The zero-order valence-electron chi connectivity index (χ0n) is 11.5. The fourth-order valence-corrected chi connectivity index (χ4v) is 1.29. The molecule has 0 unspecified atom stereocenters. The van der Waals surface area contributed by atoms with E-state index >= 15 is 0 Å². The number of carboxylic acids is 1. The second kappa shape index (κ2) is 6.29. The van der Waals surface area contributed by atoms with Gasteiger partial charge in [0.05, 0.1) is 17.1 Å². The Bertz CT molecular complexity index is 515. The van der Waals surface area contributed by atoms with Crippen LogP contribution in [0.3, 0.4) is 0 Å². The van der Waals surface area contributed by atoms with Gasteiger partial charge in [-0.2, -0.15) is 0 Å². The highest BCUT2D eigenvalue weighted by Gasteiger charge is 2.22. The maximum atomic E-state index is 10.8. The Kier molecular flexibility index (Phi) is 4.98. The highest BCUT2D eigenvalue weighted by Crippen LogP contribution is 2.25. The van der Waals surface area contributed by atoms with Gasteiger partial charge in [0.2, 0.25) is 0 Å². The first-order chi connectivity index (χ1) is 9.26. The van der Waals surface area contributed by atoms with Crippen LogP contribution in [0.15, 0.2) is 12.1 Å². The summed E-state index contributed by atoms with van der Waals surface area (Å²) in [5.41, 5.74) is -1.12. The number of methoxy groups -OCH3 is 1. The minimum atomic E-state index is -1.28. The van der Waals surface area contributed by atoms with Gasteiger partial charge in [0, 0.05) is 19.6 Å². The lowest BCUT2D eigenvalue weighted by molar-refractivity contribution is -0.386. The third-order valence-electron chi connectivity index (χ3n) is 2.75. The number of aromatic carboxylic acids is 1. The summed E-state index contributed by atoms with van der Waals surface area (Å²) >= 11 is 0. The van der Waals surface area contributed by atoms with E-state index in [0.717, 1.165) is 12.1 Å². The molecule has 8 heteroatoms. The number of nitro groups is 1. The van der Waals surface area contributed by atoms with Crippen molar-refractivity contribution in [2.45, 2.75) is 25.9 Å². The molecule has 1 aromatic heterocycles. The van der Waals surface area contributed by atoms with Crippen molar-refractivity contribution in [3.63, 3.8) is 0 Å². The van der Waals surface area contributed by atoms with Crippen LogP contribution in [-0.2, 0) is 4.74 Å². The molecule has 0 aliphatic rings. The second-order valence-corrected chi connectivity index (χ2v) is 4.65. The van der Waals surface area contributed by atoms with Crippen molar-refractivity contribution in [3.05, 3.63) is 27.9 Å². The fraction of sp³-hybridized carbons (Fsp3) is 0.500. The summed E-state index contributed by atoms with van der Waals surface area (Å²) in [6.07, 6.45) is 0.472. The van der Waals surface area contributed by atoms with Gasteiger partial charge in [-0.1, -0.05) is 0 Å². The molecule has 1 aromatic rings. The van der Waals surface area contributed by atoms with Crippen molar-refractivity contribution in [2.24, 2.45) is 0 Å². The van der Waals surface area contributed by atoms with Gasteiger partial charge in [-0.05, 0) is 19.9 Å². The minimum Gasteiger partial charge on any atom is -0.477 e. The monoisotopic (exact) mass is 284 g/mol. The summed E-state index contributed by atoms with van der Waals surface area (Å²) in [5.74, 6) is -1.58. The molecule has 0 bridgehead atoms. The topological polar surface area (TPSA) is 112 Å². The van der Waals surface area contributed by atoms with Crippen LogP contribution in [0.2, 0.25) is 0 Å². The van der Waals surface area contributed by atoms with Crippen LogP contribution < -0.4 is 4.74 Å². The maximum absolute atomic E-state index is 10.8. The number of nitrogens with zero attached hydrogens (tertiary/aromatic N) is 2. The molecule has 110 valence electrons. The van der Waals surface area contributed by atoms with Crippen LogP contribution in [0, 0.1) is 10.1 Å². The molecule has 0 amide bonds. The molecule has 1 rings (SSSR count). The summed E-state index contributed by atoms with van der Waals surface area (Å²) < 4.78 is 10.4. The third-order valence-corrected chi connectivity index (χ3v) is 2.75. The number of aromatic nitrogens is 1. The molecule has 0 fully saturated rings. The highest BCUT2D eigenvalue weighted by atomic mass is 16.6. The number of rotatable bonds is 7. The van der Waals surface area contributed by atoms with E-state index in [1.807, 2.05) is 13.8 Å². The molecule has 0 saturated carbocycles. The SMILES string of the molecule is COC(C)(C)CCOc1nc(C(=O)O)ccc1[N+](=O)[O-]. The Hall–Kier alpha value is -2.22. The first kappa shape index (κ1) is 15.8. The fourth-order valence-electron chi connectivity index (χ4n) is 1.29. The normalized spacial score (nSPS) is 11.2. The van der Waals surface area contributed by atoms with Gasteiger partial charge >= 0.3 is 11.7 Å². The number of pyridine rings is 1. The first-order valence-electron chi connectivity index (χ1n) is 5.83. The van der Waals surface area contributed by atoms with Crippen molar-refractivity contribution < 1.29 is 24.3 Å². The Balaban J connectivity index is 2.88. The number of carbonyl (C=O) groups is 1. The van der Waals surface area contributed by atoms with E-state index in [-0.39, 0.29) is 23.9 Å². The molecule has 0 saturated heterocycles. The predicted octanol–water partition coefficient (Wildman–Crippen LogP) is 1.88. The zero-order chi connectivity index (χ0) is 15.3. The van der Waals surface area contributed by atoms with E-state index in [0.29, 0.717) is 6.42 Å². The Morgan fingerprint density at radius 2 is 2.15 bits per heavy atom. The minimum absolute atomic E-state index is 0.123. The summed E-state index contributed by atoms with van der Waals surface area (Å²) in [7, 11) is 1.55. The van der Waals surface area contributed by atoms with Gasteiger partial charge in [-0.15, -0.1) is 0 Å². The standard InChI is InChI=1S/C12H16N2O6/c1-12(2,19-3)6-7-20-10-9(14(17)18)5-4-8(13-10)11(15)16/h4-5H,6-7H2,1-3H3,(H,15,16). The van der Waals surface area contributed by atoms with E-state index in [2.05, 4.69) is 4.98 Å². The molecule has 20 heavy (non-hydrogen) atoms. The quantitative estimate of drug-likeness (QED) is 0.600. The van der Waals surface area contributed by atoms with Crippen LogP contribution in [0.1, 0.15) is 30.8 Å². The average Bonchev–Trinajstić information content (AvgIpc) is 2.38. The summed E-state index contributed by atoms with van der Waals surface area (Å²) in [4.78, 5) is 24.6. The van der Waals surface area contributed by atoms with E-state index < -0.39 is 16.5 Å². The second-order valence-electron chi connectivity index (χ2n) is 4.65. The van der Waals surface area contributed by atoms with Crippen LogP contribution in [0.25, 0.3) is 0 Å². The van der Waals surface area contributed by atoms with Crippen molar-refractivity contribution in [2.75, 3.05) is 13.7 Å². The van der Waals surface area contributed by atoms with Crippen LogP contribution in [-0.4, -0.2) is 40.3 Å². The van der Waals surface area contributed by atoms with Crippen molar-refractivity contribution in [1.82, 2.24) is 4.98 Å². The van der Waals surface area contributed by atoms with E-state index in [1.54, 1.807) is 7.11 Å². The van der Waals surface area contributed by atoms with Crippen molar-refractivity contribution in [1.29, 1.82) is 0 Å². The number of hydrogen-bond donors (Lipinski definition) is 1. The van der Waals surface area contributed by atoms with Crippen LogP contribution >= 0.6 is 0 Å². The van der Waals surface area contributed by atoms with E-state index in [1.165, 1.54) is 0 Å². The van der Waals surface area contributed by atoms with Crippen LogP contribution in [0.4, 0.5) is 5.69 Å². The molecule has 8 nitrogen and oxygen atoms in total. The number of ether oxygens (including phenoxy) is 2. The molecular weight excluding hydrogens is 268 g/mol. The van der Waals surface area contributed by atoms with Crippen molar-refractivity contribution >= 4 is 11.7 Å². The van der Waals surface area contributed by atoms with Gasteiger partial charge in [-0.25, -0.2) is 9.78 Å². The maximum Gasteiger partial charge on any atom is 0.354 e. The zero-order valence-corrected chi connectivity index (χ0v) is 11.5. The van der Waals surface area contributed by atoms with Gasteiger partial charge in [0.15, 0.2) is 5.69 Å².